The molecular formula is C8H14NOVWY-3. The fourth-order valence-electron chi connectivity index (χ4n) is 0.820. The van der Waals surface area contributed by atoms with Gasteiger partial charge in [-0.25, -0.2) is 6.41 Å². The van der Waals surface area contributed by atoms with Crippen LogP contribution in [-0.4, -0.2) is 16.8 Å². The molecule has 0 fully saturated rings. The standard InChI is InChI=1S/C8H14NO.V.W.Y/c1-7(2)9(6-10)8(3,4)5;;;/h3H2,1-2,4-5H3;;;/q-3;;;. The summed E-state index contributed by atoms with van der Waals surface area (Å²) in [5.74, 6) is 0. The third-order valence-electron chi connectivity index (χ3n) is 1.14. The Morgan fingerprint density at radius 2 is 1.69 bits per heavy atom. The first-order valence-electron chi connectivity index (χ1n) is 3.23. The van der Waals surface area contributed by atoms with Gasteiger partial charge in [0.25, 0.3) is 0 Å². The van der Waals surface area contributed by atoms with Crippen LogP contribution >= 0.6 is 0 Å². The van der Waals surface area contributed by atoms with Crippen LogP contribution in [0.25, 0.3) is 0 Å². The second kappa shape index (κ2) is 10.4. The molecule has 0 aliphatic carbocycles. The van der Waals surface area contributed by atoms with Crippen LogP contribution in [0.4, 0.5) is 0 Å². The molecule has 0 rings (SSSR count). The molecule has 2 radical (unpaired) electrons. The van der Waals surface area contributed by atoms with Crippen LogP contribution in [0.15, 0.2) is 0 Å². The van der Waals surface area contributed by atoms with E-state index >= 15 is 0 Å². The molecule has 0 aliphatic heterocycles. The predicted molar refractivity (Wildman–Crippen MR) is 41.6 cm³/mol. The molecule has 0 saturated heterocycles. The maximum Gasteiger partial charge on any atom is 0 e. The van der Waals surface area contributed by atoms with Crippen molar-refractivity contribution in [3.05, 3.63) is 13.0 Å². The Morgan fingerprint density at radius 1 is 1.38 bits per heavy atom. The van der Waals surface area contributed by atoms with Gasteiger partial charge in [-0.3, -0.25) is 6.04 Å². The maximum absolute atomic E-state index is 10.3. The average molecular weight is 464 g/mol. The largest absolute Gasteiger partial charge is 0.683 e. The number of carbonyl (C=O) groups excluding carboxylic acids is 1. The van der Waals surface area contributed by atoms with E-state index in [1.54, 1.807) is 0 Å². The van der Waals surface area contributed by atoms with Gasteiger partial charge in [0.2, 0.25) is 0 Å². The molecule has 0 spiro atoms. The first kappa shape index (κ1) is 24.2. The first-order chi connectivity index (χ1) is 4.39. The van der Waals surface area contributed by atoms with Crippen molar-refractivity contribution in [1.29, 1.82) is 0 Å². The van der Waals surface area contributed by atoms with Gasteiger partial charge in [-0.1, -0.05) is 13.8 Å². The number of hydrogen-bond donors (Lipinski definition) is 0. The molecule has 0 aromatic heterocycles. The Balaban J connectivity index is -0.000000135. The summed E-state index contributed by atoms with van der Waals surface area (Å²) < 4.78 is 0. The number of amides is 1. The van der Waals surface area contributed by atoms with Crippen molar-refractivity contribution in [2.24, 2.45) is 0 Å². The van der Waals surface area contributed by atoms with Gasteiger partial charge in [0.05, 0.1) is 0 Å². The normalized spacial score (nSPS) is 9.08. The average Bonchev–Trinajstić information content (AvgIpc) is 1.60. The summed E-state index contributed by atoms with van der Waals surface area (Å²) in [6.07, 6.45) is 1.83. The second-order valence-corrected chi connectivity index (χ2v) is 3.19. The van der Waals surface area contributed by atoms with Crippen LogP contribution in [0.2, 0.25) is 0 Å². The van der Waals surface area contributed by atoms with Gasteiger partial charge in [0.15, 0.2) is 0 Å². The van der Waals surface area contributed by atoms with Gasteiger partial charge in [-0.05, 0) is 0 Å². The number of rotatable bonds is 3. The van der Waals surface area contributed by atoms with Gasteiger partial charge in [-0.2, -0.15) is 19.4 Å². The van der Waals surface area contributed by atoms with E-state index in [4.69, 9.17) is 0 Å². The summed E-state index contributed by atoms with van der Waals surface area (Å²) in [6, 6.07) is 0.912. The topological polar surface area (TPSA) is 20.3 Å². The summed E-state index contributed by atoms with van der Waals surface area (Å²) >= 11 is 0. The van der Waals surface area contributed by atoms with Crippen LogP contribution in [0.5, 0.6) is 0 Å². The quantitative estimate of drug-likeness (QED) is 0.459. The van der Waals surface area contributed by atoms with Crippen LogP contribution in [-0.2, 0) is 77.1 Å². The van der Waals surface area contributed by atoms with Crippen molar-refractivity contribution in [2.75, 3.05) is 0 Å². The van der Waals surface area contributed by atoms with E-state index in [0.717, 1.165) is 6.04 Å². The molecule has 2 nitrogen and oxygen atoms in total. The van der Waals surface area contributed by atoms with E-state index in [-0.39, 0.29) is 77.9 Å². The zero-order chi connectivity index (χ0) is 8.36. The van der Waals surface area contributed by atoms with E-state index in [9.17, 15) is 4.79 Å². The molecule has 0 heterocycles. The van der Waals surface area contributed by atoms with E-state index in [2.05, 4.69) is 6.92 Å². The van der Waals surface area contributed by atoms with E-state index in [1.165, 1.54) is 4.90 Å². The van der Waals surface area contributed by atoms with E-state index < -0.39 is 0 Å². The van der Waals surface area contributed by atoms with Crippen molar-refractivity contribution in [3.8, 4) is 0 Å². The van der Waals surface area contributed by atoms with Gasteiger partial charge in [0, 0.05) is 72.3 Å². The Labute approximate surface area is 133 Å². The molecule has 0 unspecified atom stereocenters. The third-order valence-corrected chi connectivity index (χ3v) is 1.14. The minimum Gasteiger partial charge on any atom is -0.683 e. The molecule has 5 heteroatoms. The zero-order valence-electron chi connectivity index (χ0n) is 8.50. The summed E-state index contributed by atoms with van der Waals surface area (Å²) in [7, 11) is 0. The first-order valence-corrected chi connectivity index (χ1v) is 3.23. The van der Waals surface area contributed by atoms with Crippen LogP contribution in [0.3, 0.4) is 0 Å². The molecule has 0 bridgehead atoms. The van der Waals surface area contributed by atoms with Crippen LogP contribution < -0.4 is 0 Å². The number of hydrogen-bond acceptors (Lipinski definition) is 1. The molecule has 1 amide bonds. The Morgan fingerprint density at radius 3 is 1.69 bits per heavy atom. The summed E-state index contributed by atoms with van der Waals surface area (Å²) in [5.41, 5.74) is -0.388. The smallest absolute Gasteiger partial charge is 0 e. The SMILES string of the molecule is [CH2-]C(C)(C)N([C-]=O)[C-](C)C.[V].[W].[Y]. The minimum absolute atomic E-state index is 0. The van der Waals surface area contributed by atoms with Crippen molar-refractivity contribution in [1.82, 2.24) is 4.90 Å². The van der Waals surface area contributed by atoms with Gasteiger partial charge in [0.1, 0.15) is 0 Å². The fraction of sp³-hybridized carbons (Fsp3) is 0.625. The van der Waals surface area contributed by atoms with Gasteiger partial charge >= 0.3 is 0 Å². The predicted octanol–water partition coefficient (Wildman–Crippen LogP) is 1.53. The van der Waals surface area contributed by atoms with Crippen LogP contribution in [0.1, 0.15) is 27.7 Å². The third kappa shape index (κ3) is 10.1. The summed E-state index contributed by atoms with van der Waals surface area (Å²) in [6.45, 7) is 11.3. The van der Waals surface area contributed by atoms with Crippen molar-refractivity contribution < 1.29 is 77.1 Å². The molecule has 0 aliphatic rings. The minimum atomic E-state index is -0.388. The molecule has 0 saturated carbocycles. The van der Waals surface area contributed by atoms with E-state index in [1.807, 2.05) is 34.1 Å². The zero-order valence-corrected chi connectivity index (χ0v) is 15.7. The molecule has 0 aromatic carbocycles. The molecule has 0 atom stereocenters. The van der Waals surface area contributed by atoms with Crippen molar-refractivity contribution in [3.63, 3.8) is 0 Å². The number of nitrogens with zero attached hydrogens (tertiary/aromatic N) is 1. The molecular weight excluding hydrogens is 450 g/mol. The van der Waals surface area contributed by atoms with Crippen LogP contribution in [0, 0.1) is 13.0 Å². The summed E-state index contributed by atoms with van der Waals surface area (Å²) in [5, 5.41) is 0. The summed E-state index contributed by atoms with van der Waals surface area (Å²) in [4.78, 5) is 11.8. The van der Waals surface area contributed by atoms with Gasteiger partial charge < -0.3 is 16.6 Å². The van der Waals surface area contributed by atoms with Crippen molar-refractivity contribution >= 4 is 6.41 Å². The monoisotopic (exact) mass is 464 g/mol. The molecule has 13 heavy (non-hydrogen) atoms. The maximum atomic E-state index is 10.3. The van der Waals surface area contributed by atoms with E-state index in [0.29, 0.717) is 0 Å². The Kier molecular flexibility index (Phi) is 19.3. The van der Waals surface area contributed by atoms with Crippen molar-refractivity contribution in [2.45, 2.75) is 33.2 Å². The molecule has 0 aromatic rings. The Bertz CT molecular complexity index is 128. The molecule has 74 valence electrons. The van der Waals surface area contributed by atoms with Gasteiger partial charge in [-0.15, -0.1) is 0 Å². The molecule has 0 N–H and O–H groups in total. The fourth-order valence-corrected chi connectivity index (χ4v) is 0.820. The second-order valence-electron chi connectivity index (χ2n) is 3.19. The Hall–Kier alpha value is 1.85.